The number of hydrogen-bond donors (Lipinski definition) is 4. The first kappa shape index (κ1) is 91.3. The highest BCUT2D eigenvalue weighted by molar-refractivity contribution is 6.25. The molecular formula is C55H136N4O11Si2. The van der Waals surface area contributed by atoms with E-state index >= 15 is 0 Å². The number of hydrogen-bond acceptors (Lipinski definition) is 15. The molecule has 450 valence electrons. The van der Waals surface area contributed by atoms with Gasteiger partial charge in [0, 0.05) is 43.0 Å². The van der Waals surface area contributed by atoms with Gasteiger partial charge in [0.1, 0.15) is 27.2 Å². The summed E-state index contributed by atoms with van der Waals surface area (Å²) in [6.45, 7) is 71.7. The summed E-state index contributed by atoms with van der Waals surface area (Å²) in [5, 5.41) is 12.8. The Balaban J connectivity index is -0.0000000895. The van der Waals surface area contributed by atoms with Gasteiger partial charge in [0.2, 0.25) is 0 Å². The van der Waals surface area contributed by atoms with Gasteiger partial charge in [0.25, 0.3) is 0 Å². The van der Waals surface area contributed by atoms with Gasteiger partial charge < -0.3 is 62.1 Å². The summed E-state index contributed by atoms with van der Waals surface area (Å²) in [6.07, 6.45) is 2.86. The Morgan fingerprint density at radius 1 is 0.306 bits per heavy atom. The first-order valence-corrected chi connectivity index (χ1v) is 31.8. The van der Waals surface area contributed by atoms with Crippen molar-refractivity contribution in [2.45, 2.75) is 300 Å². The molecule has 0 bridgehead atoms. The molecular weight excluding hydrogens is 949 g/mol. The van der Waals surface area contributed by atoms with Gasteiger partial charge in [0.15, 0.2) is 19.5 Å². The Labute approximate surface area is 456 Å². The fourth-order valence-corrected chi connectivity index (χ4v) is 4.76. The minimum atomic E-state index is -0.133. The van der Waals surface area contributed by atoms with Crippen LogP contribution in [-0.4, -0.2) is 159 Å². The van der Waals surface area contributed by atoms with E-state index < -0.39 is 0 Å². The minimum absolute atomic E-state index is 0.133. The molecule has 0 aliphatic carbocycles. The van der Waals surface area contributed by atoms with Crippen molar-refractivity contribution in [1.29, 1.82) is 0 Å². The van der Waals surface area contributed by atoms with Gasteiger partial charge in [-0.3, -0.25) is 10.6 Å². The second-order valence-electron chi connectivity index (χ2n) is 20.4. The maximum Gasteiger partial charge on any atom is 0.158 e. The highest BCUT2D eigenvalue weighted by atomic mass is 28.2. The lowest BCUT2D eigenvalue weighted by molar-refractivity contribution is -0.154. The van der Waals surface area contributed by atoms with Gasteiger partial charge >= 0.3 is 0 Å². The van der Waals surface area contributed by atoms with E-state index in [1.165, 1.54) is 0 Å². The molecule has 17 heteroatoms. The molecule has 0 aromatic heterocycles. The molecule has 0 aromatic rings. The van der Waals surface area contributed by atoms with Gasteiger partial charge in [-0.2, -0.15) is 0 Å². The average Bonchev–Trinajstić information content (AvgIpc) is 3.20. The summed E-state index contributed by atoms with van der Waals surface area (Å²) in [5.41, 5.74) is 0. The lowest BCUT2D eigenvalue weighted by Crippen LogP contribution is -2.27. The number of rotatable bonds is 31. The van der Waals surface area contributed by atoms with E-state index in [-0.39, 0.29) is 50.0 Å². The fourth-order valence-electron chi connectivity index (χ4n) is 3.43. The molecule has 0 heterocycles. The standard InChI is InChI=1S/C8H19NO2.C8H18O3.C7H17NO.C7H17N.C7H16O2.C5H13N.C5H12O.2C4H12OSi/c1-7(2)9-5-10-6-11-8(3)4;1-7(2)10-5-9-6-11-8(3)4;1-6(2)8-5-9-7(3)4;1-6(2)5-8-7(3)4;1-6(2)8-5-9-7(3)4;2*1-4-6-5(2)3;2*1-4(2)5-6-3/h7-9H,5-6H2,1-4H3;7-8H,5-6H2,1-4H3;6-8H,5H2,1-4H3;6-8H,5H2,1-4H3;6-7H,5H2,1-4H3;5-6H,4H2,1-3H3;5H,4H2,1-3H3;2*4H,6H2,1-3H3. The summed E-state index contributed by atoms with van der Waals surface area (Å²) < 4.78 is 56.4. The SMILES string of the molecule is CC(C)CNC(C)C.CC(C)NCOC(C)C.CC(C)NCOCOC(C)C.CC(C)OCOC(C)C.CC(C)OCOCOC(C)C.CCNC(C)C.CCOC(C)C.C[SiH2]OC(C)C.C[SiH2]OC(C)C. The zero-order valence-corrected chi connectivity index (χ0v) is 57.2. The van der Waals surface area contributed by atoms with Gasteiger partial charge in [-0.25, -0.2) is 0 Å². The molecule has 0 atom stereocenters. The van der Waals surface area contributed by atoms with Crippen molar-refractivity contribution in [3.63, 3.8) is 0 Å². The molecule has 72 heavy (non-hydrogen) atoms. The lowest BCUT2D eigenvalue weighted by Gasteiger charge is -2.10. The molecule has 15 nitrogen and oxygen atoms in total. The predicted molar refractivity (Wildman–Crippen MR) is 320 cm³/mol. The number of ether oxygens (including phenoxy) is 9. The molecule has 0 aliphatic heterocycles. The maximum atomic E-state index is 5.24. The van der Waals surface area contributed by atoms with Gasteiger partial charge in [-0.05, 0) is 178 Å². The Hall–Kier alpha value is -0.166. The molecule has 0 spiro atoms. The van der Waals surface area contributed by atoms with Gasteiger partial charge in [-0.1, -0.05) is 61.6 Å². The minimum Gasteiger partial charge on any atom is -0.422 e. The third kappa shape index (κ3) is 165. The molecule has 0 rings (SSSR count). The highest BCUT2D eigenvalue weighted by Crippen LogP contribution is 1.93. The topological polar surface area (TPSA) is 150 Å². The van der Waals surface area contributed by atoms with E-state index in [1.807, 2.05) is 104 Å². The van der Waals surface area contributed by atoms with Crippen molar-refractivity contribution in [2.75, 3.05) is 60.3 Å². The molecule has 0 aliphatic rings. The van der Waals surface area contributed by atoms with Crippen LogP contribution in [0.3, 0.4) is 0 Å². The Bertz CT molecular complexity index is 754. The van der Waals surface area contributed by atoms with Crippen LogP contribution >= 0.6 is 0 Å². The van der Waals surface area contributed by atoms with Crippen molar-refractivity contribution < 1.29 is 51.5 Å². The summed E-state index contributed by atoms with van der Waals surface area (Å²) in [6, 6.07) is 2.27. The van der Waals surface area contributed by atoms with Crippen molar-refractivity contribution in [2.24, 2.45) is 5.92 Å². The second-order valence-corrected chi connectivity index (χ2v) is 22.2. The van der Waals surface area contributed by atoms with E-state index in [2.05, 4.69) is 138 Å². The average molecular weight is 1090 g/mol. The van der Waals surface area contributed by atoms with Crippen LogP contribution < -0.4 is 21.3 Å². The van der Waals surface area contributed by atoms with Crippen molar-refractivity contribution in [3.05, 3.63) is 0 Å². The summed E-state index contributed by atoms with van der Waals surface area (Å²) in [7, 11) is -0.267. The summed E-state index contributed by atoms with van der Waals surface area (Å²) in [5.74, 6) is 0.775. The van der Waals surface area contributed by atoms with Crippen LogP contribution in [-0.2, 0) is 51.5 Å². The zero-order chi connectivity index (χ0) is 58.5. The third-order valence-corrected chi connectivity index (χ3v) is 8.81. The lowest BCUT2D eigenvalue weighted by atomic mass is 10.2. The molecule has 0 saturated carbocycles. The van der Waals surface area contributed by atoms with Gasteiger partial charge in [-0.15, -0.1) is 0 Å². The van der Waals surface area contributed by atoms with Crippen molar-refractivity contribution in [1.82, 2.24) is 21.3 Å². The normalized spacial score (nSPS) is 11.2. The Morgan fingerprint density at radius 3 is 0.778 bits per heavy atom. The van der Waals surface area contributed by atoms with Crippen LogP contribution in [0.5, 0.6) is 0 Å². The van der Waals surface area contributed by atoms with E-state index in [1.54, 1.807) is 0 Å². The molecule has 0 radical (unpaired) electrons. The van der Waals surface area contributed by atoms with Crippen LogP contribution in [0.1, 0.15) is 208 Å². The van der Waals surface area contributed by atoms with E-state index in [9.17, 15) is 0 Å². The summed E-state index contributed by atoms with van der Waals surface area (Å²) >= 11 is 0. The molecule has 0 amide bonds. The fraction of sp³-hybridized carbons (Fsp3) is 1.00. The Morgan fingerprint density at radius 2 is 0.597 bits per heavy atom. The molecule has 0 saturated heterocycles. The smallest absolute Gasteiger partial charge is 0.158 e. The van der Waals surface area contributed by atoms with Crippen molar-refractivity contribution in [3.8, 4) is 0 Å². The van der Waals surface area contributed by atoms with Crippen LogP contribution in [0, 0.1) is 5.92 Å². The zero-order valence-electron chi connectivity index (χ0n) is 54.4. The van der Waals surface area contributed by atoms with E-state index in [4.69, 9.17) is 51.5 Å². The van der Waals surface area contributed by atoms with Crippen LogP contribution in [0.25, 0.3) is 0 Å². The molecule has 0 unspecified atom stereocenters. The van der Waals surface area contributed by atoms with E-state index in [0.29, 0.717) is 89.2 Å². The van der Waals surface area contributed by atoms with Crippen LogP contribution in [0.2, 0.25) is 13.1 Å². The van der Waals surface area contributed by atoms with Crippen LogP contribution in [0.4, 0.5) is 0 Å². The van der Waals surface area contributed by atoms with Crippen LogP contribution in [0.15, 0.2) is 0 Å². The quantitative estimate of drug-likeness (QED) is 0.0296. The highest BCUT2D eigenvalue weighted by Gasteiger charge is 1.97. The van der Waals surface area contributed by atoms with Gasteiger partial charge in [0.05, 0.1) is 56.2 Å². The molecule has 0 fully saturated rings. The second kappa shape index (κ2) is 75.1. The van der Waals surface area contributed by atoms with Crippen molar-refractivity contribution >= 4 is 19.5 Å². The first-order valence-electron chi connectivity index (χ1n) is 27.8. The third-order valence-electron chi connectivity index (χ3n) is 6.81. The Kier molecular flexibility index (Phi) is 95.2. The number of nitrogens with one attached hydrogen (secondary N) is 4. The first-order chi connectivity index (χ1) is 33.2. The largest absolute Gasteiger partial charge is 0.422 e. The maximum absolute atomic E-state index is 5.24. The van der Waals surface area contributed by atoms with E-state index in [0.717, 1.165) is 25.6 Å². The molecule has 0 aromatic carbocycles. The predicted octanol–water partition coefficient (Wildman–Crippen LogP) is 11.4. The summed E-state index contributed by atoms with van der Waals surface area (Å²) in [4.78, 5) is 0. The molecule has 4 N–H and O–H groups in total. The monoisotopic (exact) mass is 1080 g/mol.